The predicted octanol–water partition coefficient (Wildman–Crippen LogP) is 5.59. The second-order valence-electron chi connectivity index (χ2n) is 6.68. The lowest BCUT2D eigenvalue weighted by Crippen LogP contribution is -2.19. The summed E-state index contributed by atoms with van der Waals surface area (Å²) in [6.45, 7) is 2.28. The van der Waals surface area contributed by atoms with Gasteiger partial charge in [0, 0.05) is 5.69 Å². The minimum Gasteiger partial charge on any atom is -0.376 e. The lowest BCUT2D eigenvalue weighted by atomic mass is 9.77. The summed E-state index contributed by atoms with van der Waals surface area (Å²) < 4.78 is 0. The highest BCUT2D eigenvalue weighted by molar-refractivity contribution is 7.80. The monoisotopic (exact) mass is 318 g/mol. The molecule has 0 heterocycles. The maximum Gasteiger partial charge on any atom is 0.168 e. The fraction of sp³-hybridized carbons (Fsp3) is 0.632. The van der Waals surface area contributed by atoms with Crippen molar-refractivity contribution >= 4 is 23.0 Å². The Kier molecular flexibility index (Phi) is 7.17. The van der Waals surface area contributed by atoms with E-state index in [9.17, 15) is 0 Å². The average Bonchev–Trinajstić information content (AvgIpc) is 2.52. The molecule has 0 radical (unpaired) electrons. The number of hydrogen-bond acceptors (Lipinski definition) is 1. The van der Waals surface area contributed by atoms with Crippen LogP contribution in [0.1, 0.15) is 76.2 Å². The third-order valence-electron chi connectivity index (χ3n) is 4.96. The van der Waals surface area contributed by atoms with E-state index >= 15 is 0 Å². The largest absolute Gasteiger partial charge is 0.376 e. The molecular formula is C19H30N2S. The van der Waals surface area contributed by atoms with E-state index < -0.39 is 0 Å². The molecule has 3 heteroatoms. The van der Waals surface area contributed by atoms with Crippen molar-refractivity contribution in [2.45, 2.75) is 70.6 Å². The van der Waals surface area contributed by atoms with Crippen LogP contribution in [-0.2, 0) is 0 Å². The van der Waals surface area contributed by atoms with Gasteiger partial charge in [-0.2, -0.15) is 0 Å². The quantitative estimate of drug-likeness (QED) is 0.508. The van der Waals surface area contributed by atoms with Gasteiger partial charge in [0.05, 0.1) is 0 Å². The molecule has 0 aromatic heterocycles. The van der Waals surface area contributed by atoms with Crippen molar-refractivity contribution in [3.63, 3.8) is 0 Å². The molecule has 2 nitrogen and oxygen atoms in total. The Labute approximate surface area is 140 Å². The van der Waals surface area contributed by atoms with Gasteiger partial charge < -0.3 is 11.1 Å². The Morgan fingerprint density at radius 1 is 1.09 bits per heavy atom. The van der Waals surface area contributed by atoms with E-state index in [1.54, 1.807) is 0 Å². The topological polar surface area (TPSA) is 38.0 Å². The minimum absolute atomic E-state index is 0.330. The smallest absolute Gasteiger partial charge is 0.168 e. The number of unbranched alkanes of at least 4 members (excludes halogenated alkanes) is 3. The van der Waals surface area contributed by atoms with Gasteiger partial charge in [-0.05, 0) is 67.4 Å². The van der Waals surface area contributed by atoms with Crippen LogP contribution >= 0.6 is 12.2 Å². The first-order chi connectivity index (χ1) is 10.7. The summed E-state index contributed by atoms with van der Waals surface area (Å²) in [6, 6.07) is 8.64. The van der Waals surface area contributed by atoms with Crippen LogP contribution < -0.4 is 11.1 Å². The van der Waals surface area contributed by atoms with Gasteiger partial charge in [-0.1, -0.05) is 51.2 Å². The molecule has 0 bridgehead atoms. The van der Waals surface area contributed by atoms with E-state index in [1.807, 2.05) is 0 Å². The Hall–Kier alpha value is -1.09. The van der Waals surface area contributed by atoms with Crippen molar-refractivity contribution in [1.82, 2.24) is 0 Å². The normalized spacial score (nSPS) is 21.5. The van der Waals surface area contributed by atoms with Crippen LogP contribution in [0, 0.1) is 5.92 Å². The second-order valence-corrected chi connectivity index (χ2v) is 7.12. The van der Waals surface area contributed by atoms with Crippen molar-refractivity contribution < 1.29 is 0 Å². The highest BCUT2D eigenvalue weighted by Crippen LogP contribution is 2.38. The lowest BCUT2D eigenvalue weighted by molar-refractivity contribution is 0.302. The highest BCUT2D eigenvalue weighted by Gasteiger charge is 2.21. The number of thiocarbonyl (C=S) groups is 1. The van der Waals surface area contributed by atoms with Crippen molar-refractivity contribution in [1.29, 1.82) is 0 Å². The maximum atomic E-state index is 5.50. The van der Waals surface area contributed by atoms with Crippen LogP contribution in [0.3, 0.4) is 0 Å². The van der Waals surface area contributed by atoms with E-state index in [2.05, 4.69) is 36.5 Å². The molecule has 1 saturated carbocycles. The van der Waals surface area contributed by atoms with Gasteiger partial charge in [0.25, 0.3) is 0 Å². The van der Waals surface area contributed by atoms with Crippen molar-refractivity contribution in [3.05, 3.63) is 29.8 Å². The van der Waals surface area contributed by atoms with Gasteiger partial charge in [-0.25, -0.2) is 0 Å². The summed E-state index contributed by atoms with van der Waals surface area (Å²) in [5.41, 5.74) is 7.96. The molecule has 0 unspecified atom stereocenters. The number of hydrogen-bond donors (Lipinski definition) is 2. The Morgan fingerprint density at radius 2 is 1.77 bits per heavy atom. The zero-order valence-electron chi connectivity index (χ0n) is 13.8. The van der Waals surface area contributed by atoms with Crippen molar-refractivity contribution in [3.8, 4) is 0 Å². The number of nitrogens with one attached hydrogen (secondary N) is 1. The molecule has 1 fully saturated rings. The predicted molar refractivity (Wildman–Crippen MR) is 100 cm³/mol. The lowest BCUT2D eigenvalue weighted by Gasteiger charge is -2.29. The molecule has 0 spiro atoms. The second kappa shape index (κ2) is 9.14. The molecule has 0 saturated heterocycles. The zero-order chi connectivity index (χ0) is 15.8. The van der Waals surface area contributed by atoms with Crippen LogP contribution in [0.25, 0.3) is 0 Å². The first-order valence-corrected chi connectivity index (χ1v) is 9.26. The fourth-order valence-electron chi connectivity index (χ4n) is 3.63. The standard InChI is InChI=1S/C19H30N2S/c1-2-3-4-5-6-15-7-9-16(10-8-15)17-11-13-18(14-12-17)21-19(20)22/h11-16H,2-10H2,1H3,(H3,20,21,22)/t15-,16-. The molecule has 122 valence electrons. The molecule has 0 aliphatic heterocycles. The highest BCUT2D eigenvalue weighted by atomic mass is 32.1. The molecule has 1 aliphatic rings. The number of rotatable bonds is 7. The third-order valence-corrected chi connectivity index (χ3v) is 5.06. The molecule has 0 atom stereocenters. The SMILES string of the molecule is CCCCCC[C@H]1CC[C@H](c2ccc(NC(N)=S)cc2)CC1. The number of nitrogens with two attached hydrogens (primary N) is 1. The zero-order valence-corrected chi connectivity index (χ0v) is 14.6. The molecule has 22 heavy (non-hydrogen) atoms. The molecule has 3 N–H and O–H groups in total. The van der Waals surface area contributed by atoms with Gasteiger partial charge in [0.15, 0.2) is 5.11 Å². The van der Waals surface area contributed by atoms with Crippen LogP contribution in [0.5, 0.6) is 0 Å². The van der Waals surface area contributed by atoms with Crippen LogP contribution in [-0.4, -0.2) is 5.11 Å². The summed E-state index contributed by atoms with van der Waals surface area (Å²) in [4.78, 5) is 0. The molecule has 2 rings (SSSR count). The molecule has 0 amide bonds. The third kappa shape index (κ3) is 5.60. The summed E-state index contributed by atoms with van der Waals surface area (Å²) >= 11 is 4.87. The van der Waals surface area contributed by atoms with Gasteiger partial charge in [0.2, 0.25) is 0 Å². The molecule has 1 aromatic rings. The van der Waals surface area contributed by atoms with Crippen molar-refractivity contribution in [2.24, 2.45) is 11.7 Å². The van der Waals surface area contributed by atoms with Crippen LogP contribution in [0.2, 0.25) is 0 Å². The van der Waals surface area contributed by atoms with Gasteiger partial charge in [-0.3, -0.25) is 0 Å². The van der Waals surface area contributed by atoms with Gasteiger partial charge in [-0.15, -0.1) is 0 Å². The van der Waals surface area contributed by atoms with E-state index in [4.69, 9.17) is 18.0 Å². The van der Waals surface area contributed by atoms with Gasteiger partial charge >= 0.3 is 0 Å². The molecule has 1 aromatic carbocycles. The fourth-order valence-corrected chi connectivity index (χ4v) is 3.74. The Bertz CT molecular complexity index is 447. The van der Waals surface area contributed by atoms with E-state index in [0.717, 1.165) is 17.5 Å². The van der Waals surface area contributed by atoms with E-state index in [1.165, 1.54) is 63.4 Å². The van der Waals surface area contributed by atoms with E-state index in [-0.39, 0.29) is 0 Å². The first kappa shape index (κ1) is 17.3. The summed E-state index contributed by atoms with van der Waals surface area (Å²) in [5, 5.41) is 3.31. The molecule has 1 aliphatic carbocycles. The number of benzene rings is 1. The van der Waals surface area contributed by atoms with Crippen molar-refractivity contribution in [2.75, 3.05) is 5.32 Å². The van der Waals surface area contributed by atoms with Crippen LogP contribution in [0.15, 0.2) is 24.3 Å². The Balaban J connectivity index is 1.75. The number of anilines is 1. The first-order valence-electron chi connectivity index (χ1n) is 8.85. The average molecular weight is 319 g/mol. The maximum absolute atomic E-state index is 5.50. The summed E-state index contributed by atoms with van der Waals surface area (Å²) in [7, 11) is 0. The summed E-state index contributed by atoms with van der Waals surface area (Å²) in [5.74, 6) is 1.72. The van der Waals surface area contributed by atoms with E-state index in [0.29, 0.717) is 5.11 Å². The summed E-state index contributed by atoms with van der Waals surface area (Å²) in [6.07, 6.45) is 12.6. The molecular weight excluding hydrogens is 288 g/mol. The van der Waals surface area contributed by atoms with Gasteiger partial charge in [0.1, 0.15) is 0 Å². The minimum atomic E-state index is 0.330. The Morgan fingerprint density at radius 3 is 2.36 bits per heavy atom. The van der Waals surface area contributed by atoms with Crippen LogP contribution in [0.4, 0.5) is 5.69 Å².